The van der Waals surface area contributed by atoms with Gasteiger partial charge in [0.15, 0.2) is 0 Å². The summed E-state index contributed by atoms with van der Waals surface area (Å²) in [6.45, 7) is 7.46. The van der Waals surface area contributed by atoms with E-state index in [2.05, 4.69) is 40.4 Å². The van der Waals surface area contributed by atoms with Gasteiger partial charge in [0.25, 0.3) is 0 Å². The number of aromatic nitrogens is 1. The molecular formula is C22H32Cl2N2OS. The lowest BCUT2D eigenvalue weighted by Crippen LogP contribution is -2.55. The number of nitrogens with zero attached hydrogens (tertiary/aromatic N) is 2. The second-order valence-electron chi connectivity index (χ2n) is 7.92. The predicted octanol–water partition coefficient (Wildman–Crippen LogP) is 6.00. The fourth-order valence-corrected chi connectivity index (χ4v) is 5.39. The van der Waals surface area contributed by atoms with Crippen molar-refractivity contribution in [1.29, 1.82) is 0 Å². The Hall–Kier alpha value is -0.810. The lowest BCUT2D eigenvalue weighted by atomic mass is 9.72. The maximum atomic E-state index is 6.00. The molecule has 1 spiro atoms. The van der Waals surface area contributed by atoms with E-state index < -0.39 is 0 Å². The summed E-state index contributed by atoms with van der Waals surface area (Å²) in [6, 6.07) is 6.75. The number of hydrogen-bond donors (Lipinski definition) is 0. The zero-order chi connectivity index (χ0) is 18.0. The van der Waals surface area contributed by atoms with Crippen LogP contribution in [0.2, 0.25) is 0 Å². The van der Waals surface area contributed by atoms with E-state index in [1.807, 2.05) is 6.92 Å². The molecule has 2 aliphatic rings. The van der Waals surface area contributed by atoms with Crippen LogP contribution in [0.5, 0.6) is 5.75 Å². The van der Waals surface area contributed by atoms with Gasteiger partial charge in [-0.05, 0) is 81.8 Å². The lowest BCUT2D eigenvalue weighted by Gasteiger charge is -2.50. The Morgan fingerprint density at radius 3 is 2.79 bits per heavy atom. The molecule has 1 fully saturated rings. The molecule has 0 saturated carbocycles. The van der Waals surface area contributed by atoms with Crippen LogP contribution in [-0.4, -0.2) is 28.5 Å². The highest BCUT2D eigenvalue weighted by Crippen LogP contribution is 2.40. The SMILES string of the molecule is CCCN1CCCCC12CCc1cc(OCc3csc(C)n3)ccc1C2.Cl.Cl. The van der Waals surface area contributed by atoms with E-state index in [1.165, 1.54) is 69.2 Å². The summed E-state index contributed by atoms with van der Waals surface area (Å²) in [7, 11) is 0. The van der Waals surface area contributed by atoms with Crippen LogP contribution < -0.4 is 4.74 Å². The molecule has 28 heavy (non-hydrogen) atoms. The van der Waals surface area contributed by atoms with Crippen LogP contribution in [0.25, 0.3) is 0 Å². The molecular weight excluding hydrogens is 411 g/mol. The molecule has 1 aromatic heterocycles. The molecule has 1 saturated heterocycles. The molecule has 0 radical (unpaired) electrons. The summed E-state index contributed by atoms with van der Waals surface area (Å²) < 4.78 is 6.00. The number of fused-ring (bicyclic) bond motifs is 1. The Balaban J connectivity index is 0.00000140. The molecule has 1 unspecified atom stereocenters. The molecule has 2 aromatic rings. The standard InChI is InChI=1S/C22H30N2OS.2ClH/c1-3-11-24-12-5-4-9-22(24)10-8-18-13-21(7-6-19(18)14-22)25-15-20-16-26-17(2)23-20;;/h6-7,13,16H,3-5,8-12,14-15H2,1-2H3;2*1H. The quantitative estimate of drug-likeness (QED) is 0.567. The summed E-state index contributed by atoms with van der Waals surface area (Å²) in [4.78, 5) is 7.28. The van der Waals surface area contributed by atoms with Crippen molar-refractivity contribution in [3.63, 3.8) is 0 Å². The van der Waals surface area contributed by atoms with Crippen molar-refractivity contribution >= 4 is 36.2 Å². The number of rotatable bonds is 5. The third kappa shape index (κ3) is 5.02. The number of halogens is 2. The van der Waals surface area contributed by atoms with E-state index >= 15 is 0 Å². The summed E-state index contributed by atoms with van der Waals surface area (Å²) in [5, 5.41) is 3.19. The number of ether oxygens (including phenoxy) is 1. The van der Waals surface area contributed by atoms with Crippen LogP contribution in [0.1, 0.15) is 60.9 Å². The summed E-state index contributed by atoms with van der Waals surface area (Å²) in [6.07, 6.45) is 9.10. The third-order valence-electron chi connectivity index (χ3n) is 6.09. The van der Waals surface area contributed by atoms with Crippen molar-refractivity contribution in [2.24, 2.45) is 0 Å². The number of benzene rings is 1. The van der Waals surface area contributed by atoms with Gasteiger partial charge in [-0.15, -0.1) is 36.2 Å². The topological polar surface area (TPSA) is 25.4 Å². The normalized spacial score (nSPS) is 21.5. The van der Waals surface area contributed by atoms with Crippen molar-refractivity contribution in [3.05, 3.63) is 45.4 Å². The van der Waals surface area contributed by atoms with E-state index in [4.69, 9.17) is 4.74 Å². The molecule has 1 aliphatic carbocycles. The van der Waals surface area contributed by atoms with Gasteiger partial charge >= 0.3 is 0 Å². The van der Waals surface area contributed by atoms with Gasteiger partial charge in [-0.3, -0.25) is 4.90 Å². The van der Waals surface area contributed by atoms with Crippen LogP contribution in [-0.2, 0) is 19.4 Å². The van der Waals surface area contributed by atoms with Gasteiger partial charge in [0.1, 0.15) is 12.4 Å². The zero-order valence-corrected chi connectivity index (χ0v) is 19.4. The summed E-state index contributed by atoms with van der Waals surface area (Å²) in [5.41, 5.74) is 4.48. The Bertz CT molecular complexity index is 765. The average molecular weight is 443 g/mol. The number of thiazole rings is 1. The molecule has 4 rings (SSSR count). The minimum atomic E-state index is 0. The van der Waals surface area contributed by atoms with Gasteiger partial charge in [0, 0.05) is 10.9 Å². The smallest absolute Gasteiger partial charge is 0.131 e. The molecule has 2 heterocycles. The molecule has 1 aliphatic heterocycles. The van der Waals surface area contributed by atoms with Crippen molar-refractivity contribution in [3.8, 4) is 5.75 Å². The summed E-state index contributed by atoms with van der Waals surface area (Å²) in [5.74, 6) is 0.986. The zero-order valence-electron chi connectivity index (χ0n) is 16.9. The molecule has 1 aromatic carbocycles. The van der Waals surface area contributed by atoms with Crippen molar-refractivity contribution in [2.45, 2.75) is 70.9 Å². The lowest BCUT2D eigenvalue weighted by molar-refractivity contribution is 0.0340. The number of aryl methyl sites for hydroxylation is 2. The van der Waals surface area contributed by atoms with E-state index in [1.54, 1.807) is 11.3 Å². The highest BCUT2D eigenvalue weighted by Gasteiger charge is 2.40. The van der Waals surface area contributed by atoms with Crippen LogP contribution >= 0.6 is 36.2 Å². The van der Waals surface area contributed by atoms with Gasteiger partial charge in [-0.1, -0.05) is 19.4 Å². The van der Waals surface area contributed by atoms with Crippen LogP contribution in [0.3, 0.4) is 0 Å². The third-order valence-corrected chi connectivity index (χ3v) is 6.92. The molecule has 156 valence electrons. The monoisotopic (exact) mass is 442 g/mol. The molecule has 0 N–H and O–H groups in total. The average Bonchev–Trinajstić information content (AvgIpc) is 3.07. The van der Waals surface area contributed by atoms with Crippen LogP contribution in [0.4, 0.5) is 0 Å². The van der Waals surface area contributed by atoms with Gasteiger partial charge in [0.05, 0.1) is 10.7 Å². The molecule has 1 atom stereocenters. The molecule has 0 bridgehead atoms. The first-order valence-electron chi connectivity index (χ1n) is 10.1. The molecule has 0 amide bonds. The minimum Gasteiger partial charge on any atom is -0.487 e. The number of piperidine rings is 1. The van der Waals surface area contributed by atoms with Crippen molar-refractivity contribution < 1.29 is 4.74 Å². The van der Waals surface area contributed by atoms with E-state index in [-0.39, 0.29) is 24.8 Å². The molecule has 3 nitrogen and oxygen atoms in total. The van der Waals surface area contributed by atoms with Crippen molar-refractivity contribution in [2.75, 3.05) is 13.1 Å². The highest BCUT2D eigenvalue weighted by molar-refractivity contribution is 7.09. The van der Waals surface area contributed by atoms with Gasteiger partial charge in [-0.25, -0.2) is 4.98 Å². The Morgan fingerprint density at radius 1 is 1.18 bits per heavy atom. The first-order chi connectivity index (χ1) is 12.7. The van der Waals surface area contributed by atoms with Gasteiger partial charge in [0.2, 0.25) is 0 Å². The first kappa shape index (κ1) is 23.5. The second-order valence-corrected chi connectivity index (χ2v) is 8.98. The van der Waals surface area contributed by atoms with E-state index in [0.717, 1.165) is 16.5 Å². The first-order valence-corrected chi connectivity index (χ1v) is 11.0. The Morgan fingerprint density at radius 2 is 2.04 bits per heavy atom. The number of likely N-dealkylation sites (tertiary alicyclic amines) is 1. The van der Waals surface area contributed by atoms with E-state index in [9.17, 15) is 0 Å². The predicted molar refractivity (Wildman–Crippen MR) is 123 cm³/mol. The number of hydrogen-bond acceptors (Lipinski definition) is 4. The fraction of sp³-hybridized carbons (Fsp3) is 0.591. The maximum Gasteiger partial charge on any atom is 0.131 e. The Kier molecular flexibility index (Phi) is 8.62. The Labute approximate surface area is 185 Å². The fourth-order valence-electron chi connectivity index (χ4n) is 4.79. The largest absolute Gasteiger partial charge is 0.487 e. The highest BCUT2D eigenvalue weighted by atomic mass is 35.5. The minimum absolute atomic E-state index is 0. The van der Waals surface area contributed by atoms with Crippen molar-refractivity contribution in [1.82, 2.24) is 9.88 Å². The van der Waals surface area contributed by atoms with Gasteiger partial charge in [-0.2, -0.15) is 0 Å². The molecule has 6 heteroatoms. The van der Waals surface area contributed by atoms with Crippen LogP contribution in [0.15, 0.2) is 23.6 Å². The maximum absolute atomic E-state index is 6.00. The summed E-state index contributed by atoms with van der Waals surface area (Å²) >= 11 is 1.68. The van der Waals surface area contributed by atoms with Gasteiger partial charge < -0.3 is 4.74 Å². The van der Waals surface area contributed by atoms with E-state index in [0.29, 0.717) is 12.1 Å². The second kappa shape index (κ2) is 10.3. The van der Waals surface area contributed by atoms with Crippen LogP contribution in [0, 0.1) is 6.92 Å².